The average molecular weight is 546 g/mol. The first kappa shape index (κ1) is 26.4. The van der Waals surface area contributed by atoms with Crippen LogP contribution in [0.5, 0.6) is 5.75 Å². The van der Waals surface area contributed by atoms with E-state index in [0.29, 0.717) is 34.7 Å². The minimum Gasteiger partial charge on any atom is -0.496 e. The van der Waals surface area contributed by atoms with Gasteiger partial charge in [-0.3, -0.25) is 10.1 Å². The van der Waals surface area contributed by atoms with Crippen molar-refractivity contribution in [1.29, 1.82) is 0 Å². The van der Waals surface area contributed by atoms with E-state index in [4.69, 9.17) is 9.47 Å². The van der Waals surface area contributed by atoms with Gasteiger partial charge < -0.3 is 14.6 Å². The van der Waals surface area contributed by atoms with Crippen LogP contribution in [0.2, 0.25) is 0 Å². The molecule has 200 valence electrons. The molecule has 6 nitrogen and oxygen atoms in total. The zero-order valence-electron chi connectivity index (χ0n) is 21.8. The fourth-order valence-corrected chi connectivity index (χ4v) is 5.70. The van der Waals surface area contributed by atoms with Gasteiger partial charge in [0.1, 0.15) is 11.9 Å². The van der Waals surface area contributed by atoms with Crippen molar-refractivity contribution < 1.29 is 28.6 Å². The molecule has 4 aromatic rings. The quantitative estimate of drug-likeness (QED) is 0.235. The monoisotopic (exact) mass is 545 g/mol. The molecule has 1 saturated carbocycles. The first-order valence-corrected chi connectivity index (χ1v) is 13.4. The second-order valence-corrected chi connectivity index (χ2v) is 10.7. The highest BCUT2D eigenvalue weighted by molar-refractivity contribution is 7.14. The Labute approximate surface area is 230 Å². The molecule has 1 aromatic heterocycles. The maximum absolute atomic E-state index is 14.4. The number of aliphatic carboxylic acids is 1. The van der Waals surface area contributed by atoms with Crippen molar-refractivity contribution in [2.45, 2.75) is 38.2 Å². The SMILES string of the molecule is COc1cc(-c2sc(F)cc2NC(=O)OC(C)c2ccccc2C)ccc1-c1ccc(C2(C(=O)O)CC2)cc1. The molecule has 1 aliphatic rings. The summed E-state index contributed by atoms with van der Waals surface area (Å²) >= 11 is 0.914. The third-order valence-corrected chi connectivity index (χ3v) is 8.19. The third-order valence-electron chi connectivity index (χ3n) is 7.22. The number of hydrogen-bond donors (Lipinski definition) is 2. The summed E-state index contributed by atoms with van der Waals surface area (Å²) < 4.78 is 25.6. The molecule has 8 heteroatoms. The first-order valence-electron chi connectivity index (χ1n) is 12.6. The van der Waals surface area contributed by atoms with Gasteiger partial charge in [0, 0.05) is 11.6 Å². The van der Waals surface area contributed by atoms with Crippen LogP contribution in [0.25, 0.3) is 21.6 Å². The standard InChI is InChI=1S/C31H28FNO5S/c1-18-6-4-5-7-23(18)19(2)38-30(36)33-25-17-27(32)39-28(25)21-10-13-24(26(16-21)37-3)20-8-11-22(12-9-20)31(14-15-31)29(34)35/h4-13,16-17,19H,14-15H2,1-3H3,(H,33,36)(H,34,35). The number of hydrogen-bond acceptors (Lipinski definition) is 5. The Kier molecular flexibility index (Phi) is 7.14. The predicted molar refractivity (Wildman–Crippen MR) is 150 cm³/mol. The lowest BCUT2D eigenvalue weighted by Gasteiger charge is -2.16. The molecule has 1 unspecified atom stereocenters. The van der Waals surface area contributed by atoms with Crippen LogP contribution in [0.3, 0.4) is 0 Å². The normalized spacial score (nSPS) is 14.4. The second kappa shape index (κ2) is 10.5. The molecular formula is C31H28FNO5S. The summed E-state index contributed by atoms with van der Waals surface area (Å²) in [7, 11) is 1.55. The lowest BCUT2D eigenvalue weighted by Crippen LogP contribution is -2.19. The maximum Gasteiger partial charge on any atom is 0.412 e. The van der Waals surface area contributed by atoms with Gasteiger partial charge in [0.25, 0.3) is 0 Å². The van der Waals surface area contributed by atoms with Crippen LogP contribution in [-0.2, 0) is 14.9 Å². The van der Waals surface area contributed by atoms with Crippen LogP contribution in [0.1, 0.15) is 42.6 Å². The van der Waals surface area contributed by atoms with Crippen LogP contribution < -0.4 is 10.1 Å². The number of halogens is 1. The number of carbonyl (C=O) groups excluding carboxylic acids is 1. The van der Waals surface area contributed by atoms with Crippen LogP contribution in [-0.4, -0.2) is 24.3 Å². The highest BCUT2D eigenvalue weighted by Crippen LogP contribution is 2.49. The minimum atomic E-state index is -0.793. The molecular weight excluding hydrogens is 517 g/mol. The van der Waals surface area contributed by atoms with Crippen molar-refractivity contribution in [3.05, 3.63) is 94.6 Å². The number of carboxylic acids is 1. The smallest absolute Gasteiger partial charge is 0.412 e. The fraction of sp³-hybridized carbons (Fsp3) is 0.226. The van der Waals surface area contributed by atoms with Crippen LogP contribution in [0.4, 0.5) is 14.9 Å². The molecule has 1 heterocycles. The number of carbonyl (C=O) groups is 2. The predicted octanol–water partition coefficient (Wildman–Crippen LogP) is 7.96. The Morgan fingerprint density at radius 3 is 2.36 bits per heavy atom. The molecule has 0 spiro atoms. The van der Waals surface area contributed by atoms with E-state index >= 15 is 0 Å². The van der Waals surface area contributed by atoms with E-state index in [1.54, 1.807) is 20.1 Å². The van der Waals surface area contributed by atoms with Gasteiger partial charge in [-0.1, -0.05) is 60.7 Å². The van der Waals surface area contributed by atoms with Crippen LogP contribution in [0, 0.1) is 12.1 Å². The van der Waals surface area contributed by atoms with Crippen molar-refractivity contribution >= 4 is 29.1 Å². The van der Waals surface area contributed by atoms with E-state index in [-0.39, 0.29) is 0 Å². The first-order chi connectivity index (χ1) is 18.7. The number of anilines is 1. The van der Waals surface area contributed by atoms with Gasteiger partial charge in [-0.2, -0.15) is 4.39 Å². The number of rotatable bonds is 8. The van der Waals surface area contributed by atoms with Crippen LogP contribution in [0.15, 0.2) is 72.8 Å². The lowest BCUT2D eigenvalue weighted by molar-refractivity contribution is -0.140. The summed E-state index contributed by atoms with van der Waals surface area (Å²) in [6.07, 6.45) is 0.134. The molecule has 1 amide bonds. The molecule has 5 rings (SSSR count). The number of benzene rings is 3. The lowest BCUT2D eigenvalue weighted by atomic mass is 9.93. The number of methoxy groups -OCH3 is 1. The largest absolute Gasteiger partial charge is 0.496 e. The number of carboxylic acid groups (broad SMARTS) is 1. The molecule has 2 N–H and O–H groups in total. The Hall–Kier alpha value is -4.17. The highest BCUT2D eigenvalue weighted by atomic mass is 32.1. The summed E-state index contributed by atoms with van der Waals surface area (Å²) in [6, 6.07) is 21.9. The molecule has 1 fully saturated rings. The Morgan fingerprint density at radius 2 is 1.72 bits per heavy atom. The number of amides is 1. The van der Waals surface area contributed by atoms with Crippen LogP contribution >= 0.6 is 11.3 Å². The Bertz CT molecular complexity index is 1540. The van der Waals surface area contributed by atoms with E-state index in [1.165, 1.54) is 6.07 Å². The van der Waals surface area contributed by atoms with E-state index in [1.807, 2.05) is 67.6 Å². The van der Waals surface area contributed by atoms with E-state index in [0.717, 1.165) is 39.2 Å². The number of thiophene rings is 1. The Morgan fingerprint density at radius 1 is 1.03 bits per heavy atom. The number of nitrogens with one attached hydrogen (secondary N) is 1. The van der Waals surface area contributed by atoms with Gasteiger partial charge in [0.2, 0.25) is 0 Å². The molecule has 3 aromatic carbocycles. The number of aryl methyl sites for hydroxylation is 1. The number of ether oxygens (including phenoxy) is 2. The van der Waals surface area contributed by atoms with Gasteiger partial charge in [0.05, 0.1) is 23.1 Å². The van der Waals surface area contributed by atoms with E-state index in [9.17, 15) is 19.1 Å². The van der Waals surface area contributed by atoms with Gasteiger partial charge in [-0.25, -0.2) is 4.79 Å². The zero-order chi connectivity index (χ0) is 27.7. The maximum atomic E-state index is 14.4. The van der Waals surface area contributed by atoms with Crippen molar-refractivity contribution in [1.82, 2.24) is 0 Å². The summed E-state index contributed by atoms with van der Waals surface area (Å²) in [5, 5.41) is 11.8. The van der Waals surface area contributed by atoms with Crippen molar-refractivity contribution in [2.75, 3.05) is 12.4 Å². The van der Waals surface area contributed by atoms with Crippen molar-refractivity contribution in [2.24, 2.45) is 0 Å². The minimum absolute atomic E-state index is 0.307. The second-order valence-electron chi connectivity index (χ2n) is 9.70. The topological polar surface area (TPSA) is 84.9 Å². The van der Waals surface area contributed by atoms with Gasteiger partial charge in [0.15, 0.2) is 5.13 Å². The van der Waals surface area contributed by atoms with E-state index < -0.39 is 28.7 Å². The van der Waals surface area contributed by atoms with Crippen molar-refractivity contribution in [3.63, 3.8) is 0 Å². The molecule has 0 saturated heterocycles. The molecule has 1 aliphatic carbocycles. The fourth-order valence-electron chi connectivity index (χ4n) is 4.87. The Balaban J connectivity index is 1.37. The summed E-state index contributed by atoms with van der Waals surface area (Å²) in [6.45, 7) is 3.74. The highest BCUT2D eigenvalue weighted by Gasteiger charge is 2.51. The molecule has 0 bridgehead atoms. The third kappa shape index (κ3) is 5.25. The summed E-state index contributed by atoms with van der Waals surface area (Å²) in [5.74, 6) is -0.228. The molecule has 39 heavy (non-hydrogen) atoms. The summed E-state index contributed by atoms with van der Waals surface area (Å²) in [5.41, 5.74) is 4.59. The average Bonchev–Trinajstić information content (AvgIpc) is 3.66. The summed E-state index contributed by atoms with van der Waals surface area (Å²) in [4.78, 5) is 24.9. The zero-order valence-corrected chi connectivity index (χ0v) is 22.6. The molecule has 0 aliphatic heterocycles. The van der Waals surface area contributed by atoms with Crippen molar-refractivity contribution in [3.8, 4) is 27.3 Å². The molecule has 0 radical (unpaired) electrons. The van der Waals surface area contributed by atoms with Gasteiger partial charge in [-0.15, -0.1) is 11.3 Å². The molecule has 1 atom stereocenters. The van der Waals surface area contributed by atoms with Gasteiger partial charge in [-0.05, 0) is 60.6 Å². The van der Waals surface area contributed by atoms with E-state index in [2.05, 4.69) is 5.32 Å². The van der Waals surface area contributed by atoms with Gasteiger partial charge >= 0.3 is 12.1 Å².